The van der Waals surface area contributed by atoms with Crippen molar-refractivity contribution in [1.29, 1.82) is 0 Å². The number of nitrogens with zero attached hydrogens (tertiary/aromatic N) is 2. The molecule has 0 radical (unpaired) electrons. The molecule has 0 saturated carbocycles. The standard InChI is InChI=1S/C24H24N2OS2/c1-16(2)15-28-24-25-20-13-21(19-11-9-17(3)10-12-19)29-22(20)23(27)26(24)14-18-7-5-4-6-8-18/h4-13,16H,14-15H2,1-3H3. The quantitative estimate of drug-likeness (QED) is 0.274. The summed E-state index contributed by atoms with van der Waals surface area (Å²) in [4.78, 5) is 19.4. The van der Waals surface area contributed by atoms with Gasteiger partial charge in [0, 0.05) is 10.6 Å². The Kier molecular flexibility index (Phi) is 5.88. The van der Waals surface area contributed by atoms with E-state index in [-0.39, 0.29) is 5.56 Å². The van der Waals surface area contributed by atoms with Crippen molar-refractivity contribution < 1.29 is 0 Å². The number of aromatic nitrogens is 2. The maximum absolute atomic E-state index is 13.4. The molecule has 3 nitrogen and oxygen atoms in total. The predicted octanol–water partition coefficient (Wildman–Crippen LogP) is 6.23. The molecule has 148 valence electrons. The Hall–Kier alpha value is -2.37. The highest BCUT2D eigenvalue weighted by Crippen LogP contribution is 2.32. The van der Waals surface area contributed by atoms with Crippen LogP contribution in [-0.2, 0) is 6.54 Å². The minimum atomic E-state index is 0.0495. The first-order valence-electron chi connectivity index (χ1n) is 9.79. The zero-order chi connectivity index (χ0) is 20.4. The SMILES string of the molecule is Cc1ccc(-c2cc3nc(SCC(C)C)n(Cc4ccccc4)c(=O)c3s2)cc1. The summed E-state index contributed by atoms with van der Waals surface area (Å²) >= 11 is 3.20. The Balaban J connectivity index is 1.82. The second-order valence-electron chi connectivity index (χ2n) is 7.67. The van der Waals surface area contributed by atoms with Gasteiger partial charge in [0.05, 0.1) is 12.1 Å². The average Bonchev–Trinajstić information content (AvgIpc) is 3.14. The van der Waals surface area contributed by atoms with E-state index in [0.29, 0.717) is 12.5 Å². The van der Waals surface area contributed by atoms with Gasteiger partial charge in [-0.15, -0.1) is 11.3 Å². The molecule has 2 aromatic heterocycles. The molecule has 0 spiro atoms. The Morgan fingerprint density at radius 2 is 1.79 bits per heavy atom. The van der Waals surface area contributed by atoms with E-state index in [0.717, 1.165) is 37.1 Å². The van der Waals surface area contributed by atoms with Gasteiger partial charge < -0.3 is 0 Å². The number of hydrogen-bond acceptors (Lipinski definition) is 4. The van der Waals surface area contributed by atoms with Crippen molar-refractivity contribution in [3.8, 4) is 10.4 Å². The molecule has 0 fully saturated rings. The van der Waals surface area contributed by atoms with Crippen LogP contribution in [0.2, 0.25) is 0 Å². The van der Waals surface area contributed by atoms with E-state index in [4.69, 9.17) is 4.98 Å². The summed E-state index contributed by atoms with van der Waals surface area (Å²) in [5, 5.41) is 0.799. The van der Waals surface area contributed by atoms with Gasteiger partial charge in [0.2, 0.25) is 0 Å². The van der Waals surface area contributed by atoms with Crippen molar-refractivity contribution in [1.82, 2.24) is 9.55 Å². The summed E-state index contributed by atoms with van der Waals surface area (Å²) in [6, 6.07) is 20.6. The zero-order valence-corrected chi connectivity index (χ0v) is 18.5. The van der Waals surface area contributed by atoms with Crippen LogP contribution in [0.25, 0.3) is 20.7 Å². The first-order chi connectivity index (χ1) is 14.0. The minimum Gasteiger partial charge on any atom is -0.282 e. The molecule has 0 saturated heterocycles. The van der Waals surface area contributed by atoms with E-state index in [9.17, 15) is 4.79 Å². The van der Waals surface area contributed by atoms with Crippen molar-refractivity contribution in [2.45, 2.75) is 32.5 Å². The van der Waals surface area contributed by atoms with Crippen LogP contribution < -0.4 is 5.56 Å². The molecule has 0 amide bonds. The van der Waals surface area contributed by atoms with E-state index >= 15 is 0 Å². The summed E-state index contributed by atoms with van der Waals surface area (Å²) < 4.78 is 2.56. The van der Waals surface area contributed by atoms with E-state index < -0.39 is 0 Å². The monoisotopic (exact) mass is 420 g/mol. The molecule has 0 atom stereocenters. The molecule has 4 aromatic rings. The molecule has 5 heteroatoms. The van der Waals surface area contributed by atoms with Gasteiger partial charge in [-0.05, 0) is 30.0 Å². The Labute approximate surface area is 179 Å². The van der Waals surface area contributed by atoms with Gasteiger partial charge in [-0.25, -0.2) is 4.98 Å². The molecule has 4 rings (SSSR count). The van der Waals surface area contributed by atoms with Crippen LogP contribution in [0, 0.1) is 12.8 Å². The fourth-order valence-corrected chi connectivity index (χ4v) is 5.11. The van der Waals surface area contributed by atoms with Crippen molar-refractivity contribution in [2.75, 3.05) is 5.75 Å². The molecule has 0 N–H and O–H groups in total. The number of hydrogen-bond donors (Lipinski definition) is 0. The van der Waals surface area contributed by atoms with Crippen LogP contribution in [0.15, 0.2) is 70.6 Å². The molecule has 0 bridgehead atoms. The normalized spacial score (nSPS) is 11.4. The van der Waals surface area contributed by atoms with Gasteiger partial charge in [-0.2, -0.15) is 0 Å². The molecule has 0 aliphatic carbocycles. The lowest BCUT2D eigenvalue weighted by atomic mass is 10.1. The fourth-order valence-electron chi connectivity index (χ4n) is 3.11. The van der Waals surface area contributed by atoms with Gasteiger partial charge >= 0.3 is 0 Å². The van der Waals surface area contributed by atoms with Crippen LogP contribution >= 0.6 is 23.1 Å². The summed E-state index contributed by atoms with van der Waals surface area (Å²) in [6.07, 6.45) is 0. The highest BCUT2D eigenvalue weighted by atomic mass is 32.2. The van der Waals surface area contributed by atoms with Crippen molar-refractivity contribution in [2.24, 2.45) is 5.92 Å². The van der Waals surface area contributed by atoms with Crippen molar-refractivity contribution in [3.63, 3.8) is 0 Å². The second-order valence-corrected chi connectivity index (χ2v) is 9.71. The third kappa shape index (κ3) is 4.46. The maximum Gasteiger partial charge on any atom is 0.272 e. The minimum absolute atomic E-state index is 0.0495. The molecule has 0 aliphatic heterocycles. The lowest BCUT2D eigenvalue weighted by Crippen LogP contribution is -2.23. The summed E-state index contributed by atoms with van der Waals surface area (Å²) in [5.74, 6) is 1.46. The van der Waals surface area contributed by atoms with Gasteiger partial charge in [-0.1, -0.05) is 85.8 Å². The van der Waals surface area contributed by atoms with Crippen LogP contribution in [-0.4, -0.2) is 15.3 Å². The first-order valence-corrected chi connectivity index (χ1v) is 11.6. The van der Waals surface area contributed by atoms with E-state index in [2.05, 4.69) is 63.2 Å². The number of aryl methyl sites for hydroxylation is 1. The van der Waals surface area contributed by atoms with Crippen molar-refractivity contribution in [3.05, 3.63) is 82.1 Å². The topological polar surface area (TPSA) is 34.9 Å². The Morgan fingerprint density at radius 1 is 1.07 bits per heavy atom. The lowest BCUT2D eigenvalue weighted by molar-refractivity contribution is 0.655. The van der Waals surface area contributed by atoms with Gasteiger partial charge in [0.25, 0.3) is 5.56 Å². The first kappa shape index (κ1) is 19.9. The highest BCUT2D eigenvalue weighted by molar-refractivity contribution is 7.99. The number of benzene rings is 2. The molecular formula is C24H24N2OS2. The molecular weight excluding hydrogens is 396 g/mol. The smallest absolute Gasteiger partial charge is 0.272 e. The highest BCUT2D eigenvalue weighted by Gasteiger charge is 2.16. The predicted molar refractivity (Wildman–Crippen MR) is 125 cm³/mol. The lowest BCUT2D eigenvalue weighted by Gasteiger charge is -2.13. The van der Waals surface area contributed by atoms with E-state index in [1.807, 2.05) is 22.8 Å². The molecule has 0 aliphatic rings. The fraction of sp³-hybridized carbons (Fsp3) is 0.250. The molecule has 2 aromatic carbocycles. The number of thioether (sulfide) groups is 1. The number of thiophene rings is 1. The second kappa shape index (κ2) is 8.56. The number of rotatable bonds is 6. The van der Waals surface area contributed by atoms with Gasteiger partial charge in [0.15, 0.2) is 5.16 Å². The third-order valence-electron chi connectivity index (χ3n) is 4.66. The van der Waals surface area contributed by atoms with E-state index in [1.54, 1.807) is 11.8 Å². The van der Waals surface area contributed by atoms with Gasteiger partial charge in [0.1, 0.15) is 4.70 Å². The average molecular weight is 421 g/mol. The van der Waals surface area contributed by atoms with Gasteiger partial charge in [-0.3, -0.25) is 9.36 Å². The third-order valence-corrected chi connectivity index (χ3v) is 7.23. The maximum atomic E-state index is 13.4. The molecule has 29 heavy (non-hydrogen) atoms. The summed E-state index contributed by atoms with van der Waals surface area (Å²) in [7, 11) is 0. The van der Waals surface area contributed by atoms with Crippen molar-refractivity contribution >= 4 is 33.3 Å². The molecule has 0 unspecified atom stereocenters. The van der Waals surface area contributed by atoms with E-state index in [1.165, 1.54) is 16.9 Å². The Bertz CT molecular complexity index is 1180. The van der Waals surface area contributed by atoms with Crippen LogP contribution in [0.5, 0.6) is 0 Å². The van der Waals surface area contributed by atoms with Crippen LogP contribution in [0.4, 0.5) is 0 Å². The summed E-state index contributed by atoms with van der Waals surface area (Å²) in [6.45, 7) is 6.99. The summed E-state index contributed by atoms with van der Waals surface area (Å²) in [5.41, 5.74) is 4.31. The molecule has 2 heterocycles. The number of fused-ring (bicyclic) bond motifs is 1. The Morgan fingerprint density at radius 3 is 2.48 bits per heavy atom. The zero-order valence-electron chi connectivity index (χ0n) is 16.9. The van der Waals surface area contributed by atoms with Crippen LogP contribution in [0.1, 0.15) is 25.0 Å². The largest absolute Gasteiger partial charge is 0.282 e. The van der Waals surface area contributed by atoms with Crippen LogP contribution in [0.3, 0.4) is 0 Å².